The van der Waals surface area contributed by atoms with Gasteiger partial charge in [-0.25, -0.2) is 0 Å². The minimum atomic E-state index is -0.580. The van der Waals surface area contributed by atoms with Crippen LogP contribution in [-0.2, 0) is 0 Å². The molecule has 0 aliphatic carbocycles. The summed E-state index contributed by atoms with van der Waals surface area (Å²) in [4.78, 5) is 22.4. The number of hydrogen-bond acceptors (Lipinski definition) is 4. The SMILES string of the molecule is Cc1cc([N+](=O)[O-])c(Cl)cc1NC(=S)NC(=O)c1ccc(Cl)c(Cl)c1. The Hall–Kier alpha value is -1.93. The highest BCUT2D eigenvalue weighted by Crippen LogP contribution is 2.30. The molecule has 0 heterocycles. The molecule has 0 aromatic heterocycles. The number of thiocarbonyl (C=S) groups is 1. The molecule has 2 N–H and O–H groups in total. The van der Waals surface area contributed by atoms with Gasteiger partial charge in [-0.3, -0.25) is 20.2 Å². The Kier molecular flexibility index (Phi) is 6.18. The topological polar surface area (TPSA) is 84.3 Å². The lowest BCUT2D eigenvalue weighted by molar-refractivity contribution is -0.384. The molecule has 0 unspecified atom stereocenters. The highest BCUT2D eigenvalue weighted by Gasteiger charge is 2.16. The minimum absolute atomic E-state index is 0.00379. The van der Waals surface area contributed by atoms with E-state index in [-0.39, 0.29) is 26.4 Å². The molecule has 0 saturated carbocycles. The number of carbonyl (C=O) groups excluding carboxylic acids is 1. The van der Waals surface area contributed by atoms with Crippen molar-refractivity contribution >= 4 is 69.4 Å². The summed E-state index contributed by atoms with van der Waals surface area (Å²) in [7, 11) is 0. The number of nitro groups is 1. The van der Waals surface area contributed by atoms with Gasteiger partial charge in [0.2, 0.25) is 0 Å². The second-order valence-corrected chi connectivity index (χ2v) is 6.54. The summed E-state index contributed by atoms with van der Waals surface area (Å²) in [6.07, 6.45) is 0. The van der Waals surface area contributed by atoms with Gasteiger partial charge in [0, 0.05) is 17.3 Å². The zero-order chi connectivity index (χ0) is 18.7. The summed E-state index contributed by atoms with van der Waals surface area (Å²) >= 11 is 22.6. The first kappa shape index (κ1) is 19.4. The van der Waals surface area contributed by atoms with Gasteiger partial charge in [-0.15, -0.1) is 0 Å². The number of halogens is 3. The van der Waals surface area contributed by atoms with E-state index in [0.29, 0.717) is 16.3 Å². The number of nitrogens with one attached hydrogen (secondary N) is 2. The molecule has 0 radical (unpaired) electrons. The van der Waals surface area contributed by atoms with Gasteiger partial charge in [0.1, 0.15) is 5.02 Å². The van der Waals surface area contributed by atoms with Crippen LogP contribution in [0.25, 0.3) is 0 Å². The largest absolute Gasteiger partial charge is 0.332 e. The lowest BCUT2D eigenvalue weighted by Crippen LogP contribution is -2.34. The van der Waals surface area contributed by atoms with Gasteiger partial charge in [0.05, 0.1) is 15.0 Å². The summed E-state index contributed by atoms with van der Waals surface area (Å²) in [5.41, 5.74) is 1.05. The van der Waals surface area contributed by atoms with Gasteiger partial charge < -0.3 is 5.32 Å². The van der Waals surface area contributed by atoms with Gasteiger partial charge in [0.15, 0.2) is 5.11 Å². The van der Waals surface area contributed by atoms with Crippen molar-refractivity contribution in [2.75, 3.05) is 5.32 Å². The van der Waals surface area contributed by atoms with Crippen molar-refractivity contribution in [2.24, 2.45) is 0 Å². The lowest BCUT2D eigenvalue weighted by Gasteiger charge is -2.12. The maximum Gasteiger partial charge on any atom is 0.288 e. The number of nitrogens with zero attached hydrogens (tertiary/aromatic N) is 1. The fourth-order valence-corrected chi connectivity index (χ4v) is 2.64. The second-order valence-electron chi connectivity index (χ2n) is 4.91. The number of benzene rings is 2. The average molecular weight is 419 g/mol. The van der Waals surface area contributed by atoms with Crippen molar-refractivity contribution in [2.45, 2.75) is 6.92 Å². The zero-order valence-electron chi connectivity index (χ0n) is 12.6. The first-order valence-electron chi connectivity index (χ1n) is 6.71. The molecule has 0 aliphatic rings. The molecule has 2 aromatic carbocycles. The molecule has 0 saturated heterocycles. The summed E-state index contributed by atoms with van der Waals surface area (Å²) < 4.78 is 0. The van der Waals surface area contributed by atoms with E-state index < -0.39 is 10.8 Å². The van der Waals surface area contributed by atoms with E-state index in [1.54, 1.807) is 6.92 Å². The first-order valence-corrected chi connectivity index (χ1v) is 8.25. The Balaban J connectivity index is 2.12. The van der Waals surface area contributed by atoms with E-state index in [1.165, 1.54) is 30.3 Å². The normalized spacial score (nSPS) is 10.2. The number of amides is 1. The molecule has 0 bridgehead atoms. The fraction of sp³-hybridized carbons (Fsp3) is 0.0667. The van der Waals surface area contributed by atoms with Crippen molar-refractivity contribution in [3.63, 3.8) is 0 Å². The summed E-state index contributed by atoms with van der Waals surface area (Å²) in [5.74, 6) is -0.485. The maximum absolute atomic E-state index is 12.1. The van der Waals surface area contributed by atoms with Crippen LogP contribution in [-0.4, -0.2) is 15.9 Å². The van der Waals surface area contributed by atoms with Gasteiger partial charge in [-0.05, 0) is 49.0 Å². The molecular formula is C15H10Cl3N3O3S. The van der Waals surface area contributed by atoms with E-state index in [9.17, 15) is 14.9 Å². The highest BCUT2D eigenvalue weighted by molar-refractivity contribution is 7.80. The number of nitro benzene ring substituents is 1. The average Bonchev–Trinajstić information content (AvgIpc) is 2.52. The van der Waals surface area contributed by atoms with E-state index in [4.69, 9.17) is 47.0 Å². The molecule has 0 spiro atoms. The van der Waals surface area contributed by atoms with Crippen LogP contribution in [0, 0.1) is 17.0 Å². The molecule has 25 heavy (non-hydrogen) atoms. The number of rotatable bonds is 3. The van der Waals surface area contributed by atoms with Gasteiger partial charge in [0.25, 0.3) is 11.6 Å². The van der Waals surface area contributed by atoms with E-state index >= 15 is 0 Å². The van der Waals surface area contributed by atoms with E-state index in [1.807, 2.05) is 0 Å². The van der Waals surface area contributed by atoms with Crippen molar-refractivity contribution in [3.05, 3.63) is 66.6 Å². The van der Waals surface area contributed by atoms with Gasteiger partial charge >= 0.3 is 0 Å². The van der Waals surface area contributed by atoms with Crippen molar-refractivity contribution in [3.8, 4) is 0 Å². The molecule has 2 rings (SSSR count). The van der Waals surface area contributed by atoms with Crippen molar-refractivity contribution in [1.82, 2.24) is 5.32 Å². The summed E-state index contributed by atoms with van der Waals surface area (Å²) in [6, 6.07) is 7.09. The molecule has 0 fully saturated rings. The second kappa shape index (κ2) is 7.97. The molecule has 10 heteroatoms. The van der Waals surface area contributed by atoms with Crippen LogP contribution < -0.4 is 10.6 Å². The zero-order valence-corrected chi connectivity index (χ0v) is 15.7. The Labute approximate surface area is 163 Å². The van der Waals surface area contributed by atoms with Crippen LogP contribution in [0.3, 0.4) is 0 Å². The van der Waals surface area contributed by atoms with Crippen molar-refractivity contribution in [1.29, 1.82) is 0 Å². The summed E-state index contributed by atoms with van der Waals surface area (Å²) in [5, 5.41) is 16.6. The predicted molar refractivity (Wildman–Crippen MR) is 103 cm³/mol. The number of carbonyl (C=O) groups is 1. The number of aryl methyl sites for hydroxylation is 1. The molecule has 130 valence electrons. The van der Waals surface area contributed by atoms with Crippen LogP contribution >= 0.6 is 47.0 Å². The van der Waals surface area contributed by atoms with Gasteiger partial charge in [-0.1, -0.05) is 34.8 Å². The molecular weight excluding hydrogens is 409 g/mol. The van der Waals surface area contributed by atoms with Crippen LogP contribution in [0.4, 0.5) is 11.4 Å². The molecule has 1 amide bonds. The number of anilines is 1. The third kappa shape index (κ3) is 4.79. The first-order chi connectivity index (χ1) is 11.7. The molecule has 0 aliphatic heterocycles. The maximum atomic E-state index is 12.1. The Morgan fingerprint density at radius 1 is 1.12 bits per heavy atom. The van der Waals surface area contributed by atoms with Crippen LogP contribution in [0.1, 0.15) is 15.9 Å². The Morgan fingerprint density at radius 2 is 1.80 bits per heavy atom. The smallest absolute Gasteiger partial charge is 0.288 e. The quantitative estimate of drug-likeness (QED) is 0.417. The van der Waals surface area contributed by atoms with E-state index in [0.717, 1.165) is 0 Å². The monoisotopic (exact) mass is 417 g/mol. The Bertz CT molecular complexity index is 890. The number of hydrogen-bond donors (Lipinski definition) is 2. The van der Waals surface area contributed by atoms with E-state index in [2.05, 4.69) is 10.6 Å². The third-order valence-electron chi connectivity index (χ3n) is 3.15. The third-order valence-corrected chi connectivity index (χ3v) is 4.39. The van der Waals surface area contributed by atoms with Gasteiger partial charge in [-0.2, -0.15) is 0 Å². The van der Waals surface area contributed by atoms with Crippen LogP contribution in [0.5, 0.6) is 0 Å². The molecule has 2 aromatic rings. The molecule has 0 atom stereocenters. The predicted octanol–water partition coefficient (Wildman–Crippen LogP) is 4.99. The lowest BCUT2D eigenvalue weighted by atomic mass is 10.2. The minimum Gasteiger partial charge on any atom is -0.332 e. The van der Waals surface area contributed by atoms with Crippen LogP contribution in [0.15, 0.2) is 30.3 Å². The standard InChI is InChI=1S/C15H10Cl3N3O3S/c1-7-4-13(21(23)24)11(18)6-12(7)19-15(25)20-14(22)8-2-3-9(16)10(17)5-8/h2-6H,1H3,(H2,19,20,22,25). The van der Waals surface area contributed by atoms with Crippen LogP contribution in [0.2, 0.25) is 15.1 Å². The van der Waals surface area contributed by atoms with Crippen molar-refractivity contribution < 1.29 is 9.72 Å². The molecule has 6 nitrogen and oxygen atoms in total. The fourth-order valence-electron chi connectivity index (χ4n) is 1.91. The Morgan fingerprint density at radius 3 is 2.40 bits per heavy atom. The summed E-state index contributed by atoms with van der Waals surface area (Å²) in [6.45, 7) is 1.65. The highest BCUT2D eigenvalue weighted by atomic mass is 35.5.